The predicted octanol–water partition coefficient (Wildman–Crippen LogP) is 4.67. The lowest BCUT2D eigenvalue weighted by molar-refractivity contribution is 0.635. The first kappa shape index (κ1) is 20.3. The van der Waals surface area contributed by atoms with Crippen LogP contribution in [0.15, 0.2) is 53.8 Å². The second-order valence-electron chi connectivity index (χ2n) is 7.03. The monoisotopic (exact) mass is 469 g/mol. The van der Waals surface area contributed by atoms with Gasteiger partial charge in [-0.05, 0) is 37.3 Å². The van der Waals surface area contributed by atoms with Crippen LogP contribution in [0.2, 0.25) is 10.0 Å². The summed E-state index contributed by atoms with van der Waals surface area (Å²) in [7, 11) is 0. The van der Waals surface area contributed by atoms with Gasteiger partial charge in [0.2, 0.25) is 0 Å². The molecule has 0 radical (unpaired) electrons. The Hall–Kier alpha value is -3.56. The van der Waals surface area contributed by atoms with Crippen LogP contribution in [0.4, 0.5) is 10.2 Å². The molecular weight excluding hydrogens is 456 g/mol. The molecule has 5 aromatic rings. The summed E-state index contributed by atoms with van der Waals surface area (Å²) >= 11 is 12.4. The van der Waals surface area contributed by atoms with Crippen molar-refractivity contribution in [2.24, 2.45) is 0 Å². The van der Waals surface area contributed by atoms with Gasteiger partial charge in [-0.1, -0.05) is 29.3 Å². The predicted molar refractivity (Wildman–Crippen MR) is 121 cm³/mol. The molecule has 0 amide bonds. The van der Waals surface area contributed by atoms with Crippen molar-refractivity contribution in [1.29, 1.82) is 0 Å². The van der Waals surface area contributed by atoms with Crippen LogP contribution in [0.1, 0.15) is 18.8 Å². The molecule has 1 atom stereocenters. The van der Waals surface area contributed by atoms with Crippen molar-refractivity contribution in [2.45, 2.75) is 13.0 Å². The molecule has 11 heteroatoms. The average Bonchev–Trinajstić information content (AvgIpc) is 3.24. The Morgan fingerprint density at radius 1 is 1.16 bits per heavy atom. The fourth-order valence-electron chi connectivity index (χ4n) is 3.53. The number of nitrogens with zero attached hydrogens (tertiary/aromatic N) is 5. The summed E-state index contributed by atoms with van der Waals surface area (Å²) in [6, 6.07) is 8.46. The van der Waals surface area contributed by atoms with Gasteiger partial charge in [0.1, 0.15) is 28.9 Å². The first-order chi connectivity index (χ1) is 15.4. The highest BCUT2D eigenvalue weighted by Gasteiger charge is 2.22. The van der Waals surface area contributed by atoms with Gasteiger partial charge in [0.05, 0.1) is 28.6 Å². The van der Waals surface area contributed by atoms with E-state index in [0.717, 1.165) is 0 Å². The minimum Gasteiger partial charge on any atom is -0.358 e. The maximum atomic E-state index is 14.6. The molecule has 2 N–H and O–H groups in total. The molecule has 0 fully saturated rings. The lowest BCUT2D eigenvalue weighted by atomic mass is 10.2. The third-order valence-corrected chi connectivity index (χ3v) is 5.52. The fourth-order valence-corrected chi connectivity index (χ4v) is 4.03. The van der Waals surface area contributed by atoms with Gasteiger partial charge in [-0.3, -0.25) is 9.36 Å². The Morgan fingerprint density at radius 3 is 2.81 bits per heavy atom. The van der Waals surface area contributed by atoms with E-state index in [1.54, 1.807) is 25.1 Å². The fraction of sp³-hybridized carbons (Fsp3) is 0.0952. The van der Waals surface area contributed by atoms with E-state index in [9.17, 15) is 9.18 Å². The summed E-state index contributed by atoms with van der Waals surface area (Å²) in [6.45, 7) is 1.80. The Morgan fingerprint density at radius 2 is 2.00 bits per heavy atom. The maximum Gasteiger partial charge on any atom is 0.269 e. The lowest BCUT2D eigenvalue weighted by Gasteiger charge is -2.21. The average molecular weight is 470 g/mol. The molecule has 3 heterocycles. The molecule has 0 aliphatic rings. The van der Waals surface area contributed by atoms with Gasteiger partial charge in [-0.2, -0.15) is 0 Å². The highest BCUT2D eigenvalue weighted by molar-refractivity contribution is 6.35. The molecule has 32 heavy (non-hydrogen) atoms. The molecule has 0 saturated heterocycles. The van der Waals surface area contributed by atoms with Crippen molar-refractivity contribution in [2.75, 3.05) is 5.32 Å². The van der Waals surface area contributed by atoms with E-state index in [1.165, 1.54) is 35.4 Å². The smallest absolute Gasteiger partial charge is 0.269 e. The van der Waals surface area contributed by atoms with Crippen LogP contribution in [0.25, 0.3) is 27.8 Å². The number of aromatic nitrogens is 6. The summed E-state index contributed by atoms with van der Waals surface area (Å²) in [5, 5.41) is 3.71. The number of imidazole rings is 1. The summed E-state index contributed by atoms with van der Waals surface area (Å²) < 4.78 is 15.9. The third-order valence-electron chi connectivity index (χ3n) is 4.98. The van der Waals surface area contributed by atoms with Crippen molar-refractivity contribution in [1.82, 2.24) is 29.5 Å². The minimum absolute atomic E-state index is 0.133. The van der Waals surface area contributed by atoms with E-state index in [1.807, 2.05) is 0 Å². The summed E-state index contributed by atoms with van der Waals surface area (Å²) in [5.74, 6) is 0.0886. The zero-order valence-electron chi connectivity index (χ0n) is 16.5. The topological polar surface area (TPSA) is 101 Å². The number of H-pyrrole nitrogens is 1. The van der Waals surface area contributed by atoms with Crippen LogP contribution in [-0.4, -0.2) is 29.5 Å². The summed E-state index contributed by atoms with van der Waals surface area (Å²) in [6.07, 6.45) is 2.90. The largest absolute Gasteiger partial charge is 0.358 e. The van der Waals surface area contributed by atoms with Crippen molar-refractivity contribution in [3.63, 3.8) is 0 Å². The van der Waals surface area contributed by atoms with Crippen LogP contribution in [0.5, 0.6) is 0 Å². The highest BCUT2D eigenvalue weighted by atomic mass is 35.5. The molecular formula is C21H14Cl2FN7O. The van der Waals surface area contributed by atoms with Gasteiger partial charge < -0.3 is 10.3 Å². The first-order valence-electron chi connectivity index (χ1n) is 9.51. The normalized spacial score (nSPS) is 12.4. The van der Waals surface area contributed by atoms with E-state index in [2.05, 4.69) is 30.2 Å². The van der Waals surface area contributed by atoms with E-state index in [4.69, 9.17) is 23.2 Å². The number of aromatic amines is 1. The molecule has 0 aliphatic carbocycles. The molecule has 8 nitrogen and oxygen atoms in total. The SMILES string of the molecule is CC(Nc1ncnc2[nH]cnc12)c1nc2cccc(F)c2c(=O)n1-c1ccc(Cl)cc1Cl. The van der Waals surface area contributed by atoms with Gasteiger partial charge in [0, 0.05) is 5.02 Å². The summed E-state index contributed by atoms with van der Waals surface area (Å²) in [4.78, 5) is 33.6. The third kappa shape index (κ3) is 3.35. The Bertz CT molecular complexity index is 1550. The van der Waals surface area contributed by atoms with Gasteiger partial charge in [-0.15, -0.1) is 0 Å². The van der Waals surface area contributed by atoms with Crippen LogP contribution in [-0.2, 0) is 0 Å². The molecule has 160 valence electrons. The number of hydrogen-bond acceptors (Lipinski definition) is 6. The first-order valence-corrected chi connectivity index (χ1v) is 10.3. The van der Waals surface area contributed by atoms with E-state index in [-0.39, 0.29) is 15.9 Å². The van der Waals surface area contributed by atoms with Crippen molar-refractivity contribution in [3.05, 3.63) is 81.1 Å². The molecule has 0 bridgehead atoms. The highest BCUT2D eigenvalue weighted by Crippen LogP contribution is 2.28. The second-order valence-corrected chi connectivity index (χ2v) is 7.87. The Balaban J connectivity index is 1.74. The number of benzene rings is 2. The van der Waals surface area contributed by atoms with Crippen molar-refractivity contribution >= 4 is 51.1 Å². The van der Waals surface area contributed by atoms with Crippen LogP contribution in [0, 0.1) is 5.82 Å². The van der Waals surface area contributed by atoms with E-state index >= 15 is 0 Å². The standard InChI is InChI=1S/C21H14Cl2FN7O/c1-10(29-19-17-18(26-8-25-17)27-9-28-19)20-30-14-4-2-3-13(24)16(14)21(32)31(20)15-6-5-11(22)7-12(15)23/h2-10H,1H3,(H2,25,26,27,28,29). The van der Waals surface area contributed by atoms with Gasteiger partial charge in [0.25, 0.3) is 5.56 Å². The molecule has 3 aromatic heterocycles. The molecule has 0 aliphatic heterocycles. The van der Waals surface area contributed by atoms with Gasteiger partial charge >= 0.3 is 0 Å². The Kier molecular flexibility index (Phi) is 4.99. The minimum atomic E-state index is -0.667. The molecule has 0 saturated carbocycles. The van der Waals surface area contributed by atoms with Crippen LogP contribution >= 0.6 is 23.2 Å². The second kappa shape index (κ2) is 7.85. The molecule has 0 spiro atoms. The molecule has 5 rings (SSSR count). The quantitative estimate of drug-likeness (QED) is 0.396. The summed E-state index contributed by atoms with van der Waals surface area (Å²) in [5.41, 5.74) is 1.06. The van der Waals surface area contributed by atoms with Crippen molar-refractivity contribution < 1.29 is 4.39 Å². The molecule has 2 aromatic carbocycles. The van der Waals surface area contributed by atoms with Crippen molar-refractivity contribution in [3.8, 4) is 5.69 Å². The number of halogens is 3. The van der Waals surface area contributed by atoms with Crippen LogP contribution in [0.3, 0.4) is 0 Å². The molecule has 1 unspecified atom stereocenters. The van der Waals surface area contributed by atoms with Gasteiger partial charge in [-0.25, -0.2) is 24.3 Å². The van der Waals surface area contributed by atoms with Crippen LogP contribution < -0.4 is 10.9 Å². The number of hydrogen-bond donors (Lipinski definition) is 2. The Labute approximate surface area is 190 Å². The lowest BCUT2D eigenvalue weighted by Crippen LogP contribution is -2.28. The number of anilines is 1. The zero-order valence-corrected chi connectivity index (χ0v) is 18.0. The van der Waals surface area contributed by atoms with E-state index in [0.29, 0.717) is 33.5 Å². The van der Waals surface area contributed by atoms with Gasteiger partial charge in [0.15, 0.2) is 11.5 Å². The number of fused-ring (bicyclic) bond motifs is 2. The number of nitrogens with one attached hydrogen (secondary N) is 2. The van der Waals surface area contributed by atoms with E-state index < -0.39 is 17.4 Å². The zero-order chi connectivity index (χ0) is 22.4. The maximum absolute atomic E-state index is 14.6. The number of rotatable bonds is 4.